The molecule has 0 spiro atoms. The number of anilines is 1. The maximum atomic E-state index is 5.42. The van der Waals surface area contributed by atoms with Crippen molar-refractivity contribution in [3.8, 4) is 0 Å². The number of benzene rings is 1. The van der Waals surface area contributed by atoms with E-state index in [2.05, 4.69) is 34.5 Å². The number of ether oxygens (including phenoxy) is 1. The first kappa shape index (κ1) is 11.1. The first-order valence-corrected chi connectivity index (χ1v) is 6.55. The topological polar surface area (TPSA) is 24.5 Å². The average molecular weight is 232 g/mol. The number of rotatable bonds is 3. The predicted octanol–water partition coefficient (Wildman–Crippen LogP) is 1.29. The van der Waals surface area contributed by atoms with Gasteiger partial charge in [0.05, 0.1) is 13.2 Å². The quantitative estimate of drug-likeness (QED) is 0.850. The Balaban J connectivity index is 1.76. The van der Waals surface area contributed by atoms with Crippen molar-refractivity contribution in [3.63, 3.8) is 0 Å². The SMILES string of the molecule is c1ccc(N2CCOCC2)c(CC2CNC2)c1. The molecule has 0 aromatic heterocycles. The van der Waals surface area contributed by atoms with Gasteiger partial charge in [0.25, 0.3) is 0 Å². The first-order valence-electron chi connectivity index (χ1n) is 6.55. The molecule has 1 aromatic rings. The van der Waals surface area contributed by atoms with Crippen molar-refractivity contribution in [1.29, 1.82) is 0 Å². The van der Waals surface area contributed by atoms with Crippen LogP contribution in [0.3, 0.4) is 0 Å². The third-order valence-electron chi connectivity index (χ3n) is 3.72. The molecule has 92 valence electrons. The summed E-state index contributed by atoms with van der Waals surface area (Å²) in [5.74, 6) is 0.831. The van der Waals surface area contributed by atoms with Crippen molar-refractivity contribution in [1.82, 2.24) is 5.32 Å². The van der Waals surface area contributed by atoms with E-state index in [0.29, 0.717) is 0 Å². The molecule has 0 radical (unpaired) electrons. The molecule has 0 atom stereocenters. The molecule has 0 aliphatic carbocycles. The summed E-state index contributed by atoms with van der Waals surface area (Å²) in [7, 11) is 0. The number of hydrogen-bond acceptors (Lipinski definition) is 3. The molecule has 1 aromatic carbocycles. The second-order valence-electron chi connectivity index (χ2n) is 4.96. The summed E-state index contributed by atoms with van der Waals surface area (Å²) in [5.41, 5.74) is 2.92. The lowest BCUT2D eigenvalue weighted by atomic mass is 9.93. The van der Waals surface area contributed by atoms with Crippen molar-refractivity contribution in [2.75, 3.05) is 44.3 Å². The van der Waals surface area contributed by atoms with Crippen LogP contribution in [0.15, 0.2) is 24.3 Å². The molecule has 0 unspecified atom stereocenters. The molecule has 0 bridgehead atoms. The van der Waals surface area contributed by atoms with Crippen LogP contribution in [0.25, 0.3) is 0 Å². The van der Waals surface area contributed by atoms with Gasteiger partial charge < -0.3 is 15.0 Å². The molecule has 3 nitrogen and oxygen atoms in total. The van der Waals surface area contributed by atoms with Crippen LogP contribution in [0.4, 0.5) is 5.69 Å². The molecule has 2 fully saturated rings. The summed E-state index contributed by atoms with van der Waals surface area (Å²) in [6.07, 6.45) is 1.21. The van der Waals surface area contributed by atoms with E-state index in [0.717, 1.165) is 32.2 Å². The molecule has 3 rings (SSSR count). The van der Waals surface area contributed by atoms with E-state index in [1.54, 1.807) is 0 Å². The van der Waals surface area contributed by atoms with Crippen LogP contribution in [0.5, 0.6) is 0 Å². The smallest absolute Gasteiger partial charge is 0.0642 e. The summed E-state index contributed by atoms with van der Waals surface area (Å²) in [6.45, 7) is 6.13. The van der Waals surface area contributed by atoms with Crippen LogP contribution >= 0.6 is 0 Å². The first-order chi connectivity index (χ1) is 8.43. The summed E-state index contributed by atoms with van der Waals surface area (Å²) in [5, 5.41) is 3.35. The van der Waals surface area contributed by atoms with Crippen molar-refractivity contribution in [2.24, 2.45) is 5.92 Å². The van der Waals surface area contributed by atoms with Gasteiger partial charge in [0.15, 0.2) is 0 Å². The summed E-state index contributed by atoms with van der Waals surface area (Å²) < 4.78 is 5.42. The molecule has 0 amide bonds. The Morgan fingerprint density at radius 1 is 1.18 bits per heavy atom. The van der Waals surface area contributed by atoms with Crippen LogP contribution < -0.4 is 10.2 Å². The normalized spacial score (nSPS) is 21.3. The number of morpholine rings is 1. The second-order valence-corrected chi connectivity index (χ2v) is 4.96. The summed E-state index contributed by atoms with van der Waals surface area (Å²) >= 11 is 0. The third-order valence-corrected chi connectivity index (χ3v) is 3.72. The van der Waals surface area contributed by atoms with Crippen LogP contribution in [-0.2, 0) is 11.2 Å². The van der Waals surface area contributed by atoms with E-state index in [9.17, 15) is 0 Å². The van der Waals surface area contributed by atoms with Gasteiger partial charge in [0.1, 0.15) is 0 Å². The van der Waals surface area contributed by atoms with Gasteiger partial charge in [-0.25, -0.2) is 0 Å². The molecule has 3 heteroatoms. The van der Waals surface area contributed by atoms with E-state index in [1.807, 2.05) is 0 Å². The summed E-state index contributed by atoms with van der Waals surface area (Å²) in [6, 6.07) is 8.84. The van der Waals surface area contributed by atoms with Gasteiger partial charge in [-0.05, 0) is 37.1 Å². The largest absolute Gasteiger partial charge is 0.378 e. The van der Waals surface area contributed by atoms with Crippen molar-refractivity contribution >= 4 is 5.69 Å². The van der Waals surface area contributed by atoms with Gasteiger partial charge in [0.2, 0.25) is 0 Å². The molecule has 2 heterocycles. The summed E-state index contributed by atoms with van der Waals surface area (Å²) in [4.78, 5) is 2.46. The molecule has 0 saturated carbocycles. The van der Waals surface area contributed by atoms with E-state index >= 15 is 0 Å². The van der Waals surface area contributed by atoms with Crippen LogP contribution in [0.2, 0.25) is 0 Å². The highest BCUT2D eigenvalue weighted by Crippen LogP contribution is 2.25. The monoisotopic (exact) mass is 232 g/mol. The van der Waals surface area contributed by atoms with E-state index in [-0.39, 0.29) is 0 Å². The van der Waals surface area contributed by atoms with Crippen molar-refractivity contribution in [3.05, 3.63) is 29.8 Å². The Bertz CT molecular complexity index is 370. The average Bonchev–Trinajstić information content (AvgIpc) is 2.35. The highest BCUT2D eigenvalue weighted by molar-refractivity contribution is 5.54. The van der Waals surface area contributed by atoms with Crippen molar-refractivity contribution in [2.45, 2.75) is 6.42 Å². The fraction of sp³-hybridized carbons (Fsp3) is 0.571. The minimum atomic E-state index is 0.831. The van der Waals surface area contributed by atoms with E-state index in [4.69, 9.17) is 4.74 Å². The Kier molecular flexibility index (Phi) is 3.29. The third kappa shape index (κ3) is 2.45. The molecule has 1 N–H and O–H groups in total. The molecule has 2 saturated heterocycles. The van der Waals surface area contributed by atoms with E-state index in [1.165, 1.54) is 30.8 Å². The minimum Gasteiger partial charge on any atom is -0.378 e. The fourth-order valence-corrected chi connectivity index (χ4v) is 2.60. The lowest BCUT2D eigenvalue weighted by molar-refractivity contribution is 0.122. The Morgan fingerprint density at radius 3 is 2.65 bits per heavy atom. The van der Waals surface area contributed by atoms with E-state index < -0.39 is 0 Å². The van der Waals surface area contributed by atoms with Crippen LogP contribution in [-0.4, -0.2) is 39.4 Å². The molecule has 17 heavy (non-hydrogen) atoms. The van der Waals surface area contributed by atoms with Gasteiger partial charge in [0, 0.05) is 18.8 Å². The van der Waals surface area contributed by atoms with Gasteiger partial charge in [-0.1, -0.05) is 18.2 Å². The Labute approximate surface area is 103 Å². The highest BCUT2D eigenvalue weighted by Gasteiger charge is 2.20. The maximum absolute atomic E-state index is 5.42. The number of nitrogens with zero attached hydrogens (tertiary/aromatic N) is 1. The number of nitrogens with one attached hydrogen (secondary N) is 1. The predicted molar refractivity (Wildman–Crippen MR) is 69.5 cm³/mol. The molecular formula is C14H20N2O. The van der Waals surface area contributed by atoms with Crippen molar-refractivity contribution < 1.29 is 4.74 Å². The number of para-hydroxylation sites is 1. The molecule has 2 aliphatic rings. The number of hydrogen-bond donors (Lipinski definition) is 1. The molecular weight excluding hydrogens is 212 g/mol. The zero-order valence-electron chi connectivity index (χ0n) is 10.2. The fourth-order valence-electron chi connectivity index (χ4n) is 2.60. The standard InChI is InChI=1S/C14H20N2O/c1-2-4-14(16-5-7-17-8-6-16)13(3-1)9-12-10-15-11-12/h1-4,12,15H,5-11H2. The Hall–Kier alpha value is -1.06. The highest BCUT2D eigenvalue weighted by atomic mass is 16.5. The minimum absolute atomic E-state index is 0.831. The van der Waals surface area contributed by atoms with Crippen LogP contribution in [0, 0.1) is 5.92 Å². The Morgan fingerprint density at radius 2 is 1.94 bits per heavy atom. The lowest BCUT2D eigenvalue weighted by Gasteiger charge is -2.33. The zero-order chi connectivity index (χ0) is 11.5. The van der Waals surface area contributed by atoms with Gasteiger partial charge in [-0.15, -0.1) is 0 Å². The zero-order valence-corrected chi connectivity index (χ0v) is 10.2. The van der Waals surface area contributed by atoms with Gasteiger partial charge in [-0.3, -0.25) is 0 Å². The van der Waals surface area contributed by atoms with Gasteiger partial charge in [-0.2, -0.15) is 0 Å². The van der Waals surface area contributed by atoms with Gasteiger partial charge >= 0.3 is 0 Å². The van der Waals surface area contributed by atoms with Crippen LogP contribution in [0.1, 0.15) is 5.56 Å². The molecule has 2 aliphatic heterocycles. The maximum Gasteiger partial charge on any atom is 0.0642 e. The second kappa shape index (κ2) is 5.07. The lowest BCUT2D eigenvalue weighted by Crippen LogP contribution is -2.43.